The van der Waals surface area contributed by atoms with Crippen molar-refractivity contribution in [1.82, 2.24) is 9.55 Å². The first kappa shape index (κ1) is 20.4. The third-order valence-electron chi connectivity index (χ3n) is 4.76. The van der Waals surface area contributed by atoms with Gasteiger partial charge in [0.2, 0.25) is 0 Å². The highest BCUT2D eigenvalue weighted by Gasteiger charge is 2.21. The number of ketones is 1. The topological polar surface area (TPSA) is 65.1 Å². The minimum absolute atomic E-state index is 0.0232. The van der Waals surface area contributed by atoms with Crippen molar-refractivity contribution in [2.24, 2.45) is 0 Å². The average Bonchev–Trinajstić information content (AvgIpc) is 3.24. The molecule has 0 spiro atoms. The maximum atomic E-state index is 13.2. The molecule has 2 heterocycles. The summed E-state index contributed by atoms with van der Waals surface area (Å²) in [5.41, 5.74) is 2.02. The molecule has 4 aromatic rings. The number of hydrogen-bond acceptors (Lipinski definition) is 5. The van der Waals surface area contributed by atoms with Crippen LogP contribution in [0.2, 0.25) is 5.02 Å². The van der Waals surface area contributed by atoms with Gasteiger partial charge >= 0.3 is 0 Å². The van der Waals surface area contributed by atoms with E-state index in [0.717, 1.165) is 5.56 Å². The van der Waals surface area contributed by atoms with Crippen LogP contribution in [0.3, 0.4) is 0 Å². The Morgan fingerprint density at radius 3 is 2.67 bits per heavy atom. The van der Waals surface area contributed by atoms with Crippen molar-refractivity contribution in [3.63, 3.8) is 0 Å². The molecule has 152 valence electrons. The van der Waals surface area contributed by atoms with Crippen molar-refractivity contribution in [3.8, 4) is 0 Å². The summed E-state index contributed by atoms with van der Waals surface area (Å²) in [6, 6.07) is 16.0. The molecule has 0 aliphatic rings. The molecule has 0 saturated heterocycles. The van der Waals surface area contributed by atoms with E-state index in [1.165, 1.54) is 11.8 Å². The number of carbonyl (C=O) groups is 1. The highest BCUT2D eigenvalue weighted by Crippen LogP contribution is 2.26. The summed E-state index contributed by atoms with van der Waals surface area (Å²) >= 11 is 7.35. The van der Waals surface area contributed by atoms with Crippen LogP contribution in [0.4, 0.5) is 0 Å². The van der Waals surface area contributed by atoms with Crippen LogP contribution >= 0.6 is 23.4 Å². The number of rotatable bonds is 6. The van der Waals surface area contributed by atoms with Gasteiger partial charge in [-0.3, -0.25) is 14.2 Å². The average molecular weight is 439 g/mol. The zero-order valence-corrected chi connectivity index (χ0v) is 18.0. The van der Waals surface area contributed by atoms with Gasteiger partial charge in [-0.2, -0.15) is 0 Å². The molecule has 0 saturated carbocycles. The quantitative estimate of drug-likeness (QED) is 0.230. The van der Waals surface area contributed by atoms with Gasteiger partial charge in [-0.1, -0.05) is 53.2 Å². The van der Waals surface area contributed by atoms with E-state index < -0.39 is 5.25 Å². The summed E-state index contributed by atoms with van der Waals surface area (Å²) in [4.78, 5) is 30.8. The number of halogens is 1. The van der Waals surface area contributed by atoms with Gasteiger partial charge in [0.05, 0.1) is 29.0 Å². The second-order valence-electron chi connectivity index (χ2n) is 7.02. The molecule has 2 aromatic carbocycles. The molecule has 2 aromatic heterocycles. The Bertz CT molecular complexity index is 1260. The van der Waals surface area contributed by atoms with E-state index in [0.29, 0.717) is 32.4 Å². The van der Waals surface area contributed by atoms with E-state index in [2.05, 4.69) is 4.98 Å². The number of aryl methyl sites for hydroxylation is 1. The van der Waals surface area contributed by atoms with Gasteiger partial charge in [-0.05, 0) is 44.2 Å². The van der Waals surface area contributed by atoms with E-state index in [4.69, 9.17) is 16.0 Å². The SMILES string of the molecule is Cc1ccc(C(=O)C(C)Sc2nc3cc(Cl)ccc3c(=O)n2Cc2ccco2)cc1. The normalized spacial score (nSPS) is 12.2. The zero-order chi connectivity index (χ0) is 21.3. The van der Waals surface area contributed by atoms with Crippen LogP contribution in [0.15, 0.2) is 75.2 Å². The maximum Gasteiger partial charge on any atom is 0.262 e. The number of aromatic nitrogens is 2. The predicted octanol–water partition coefficient (Wildman–Crippen LogP) is 5.36. The molecule has 0 N–H and O–H groups in total. The third kappa shape index (κ3) is 4.20. The highest BCUT2D eigenvalue weighted by molar-refractivity contribution is 8.00. The number of furan rings is 1. The second kappa shape index (κ2) is 8.50. The van der Waals surface area contributed by atoms with Crippen LogP contribution in [-0.2, 0) is 6.54 Å². The van der Waals surface area contributed by atoms with Crippen molar-refractivity contribution < 1.29 is 9.21 Å². The van der Waals surface area contributed by atoms with E-state index in [9.17, 15) is 9.59 Å². The summed E-state index contributed by atoms with van der Waals surface area (Å²) < 4.78 is 6.97. The fourth-order valence-electron chi connectivity index (χ4n) is 3.13. The third-order valence-corrected chi connectivity index (χ3v) is 6.09. The molecular formula is C23H19ClN2O3S. The van der Waals surface area contributed by atoms with E-state index in [1.54, 1.807) is 41.2 Å². The lowest BCUT2D eigenvalue weighted by atomic mass is 10.1. The lowest BCUT2D eigenvalue weighted by Gasteiger charge is -2.15. The largest absolute Gasteiger partial charge is 0.467 e. The molecular weight excluding hydrogens is 420 g/mol. The summed E-state index contributed by atoms with van der Waals surface area (Å²) in [6.45, 7) is 4.02. The Hall–Kier alpha value is -2.83. The predicted molar refractivity (Wildman–Crippen MR) is 120 cm³/mol. The van der Waals surface area contributed by atoms with Gasteiger partial charge in [-0.15, -0.1) is 0 Å². The number of carbonyl (C=O) groups excluding carboxylic acids is 1. The molecule has 0 fully saturated rings. The van der Waals surface area contributed by atoms with Crippen molar-refractivity contribution in [3.05, 3.63) is 93.1 Å². The first-order valence-electron chi connectivity index (χ1n) is 9.42. The Balaban J connectivity index is 1.74. The van der Waals surface area contributed by atoms with Crippen molar-refractivity contribution >= 4 is 40.0 Å². The minimum Gasteiger partial charge on any atom is -0.467 e. The second-order valence-corrected chi connectivity index (χ2v) is 8.76. The Kier molecular flexibility index (Phi) is 5.79. The van der Waals surface area contributed by atoms with Crippen LogP contribution in [0, 0.1) is 6.92 Å². The van der Waals surface area contributed by atoms with Crippen molar-refractivity contribution in [1.29, 1.82) is 0 Å². The zero-order valence-electron chi connectivity index (χ0n) is 16.5. The standard InChI is InChI=1S/C23H19ClN2O3S/c1-14-5-7-16(8-6-14)21(27)15(2)30-23-25-20-12-17(24)9-10-19(20)22(28)26(23)13-18-4-3-11-29-18/h3-12,15H,13H2,1-2H3. The summed E-state index contributed by atoms with van der Waals surface area (Å²) in [7, 11) is 0. The first-order chi connectivity index (χ1) is 14.4. The van der Waals surface area contributed by atoms with Crippen LogP contribution < -0.4 is 5.56 Å². The van der Waals surface area contributed by atoms with Crippen LogP contribution in [0.5, 0.6) is 0 Å². The molecule has 0 amide bonds. The van der Waals surface area contributed by atoms with Crippen LogP contribution in [0.1, 0.15) is 28.6 Å². The van der Waals surface area contributed by atoms with E-state index in [-0.39, 0.29) is 17.9 Å². The van der Waals surface area contributed by atoms with Crippen molar-refractivity contribution in [2.45, 2.75) is 30.8 Å². The summed E-state index contributed by atoms with van der Waals surface area (Å²) in [5.74, 6) is 0.608. The van der Waals surface area contributed by atoms with Gasteiger partial charge in [0.15, 0.2) is 10.9 Å². The van der Waals surface area contributed by atoms with E-state index in [1.807, 2.05) is 38.1 Å². The lowest BCUT2D eigenvalue weighted by molar-refractivity contribution is 0.0994. The van der Waals surface area contributed by atoms with Gasteiger partial charge in [-0.25, -0.2) is 4.98 Å². The van der Waals surface area contributed by atoms with Crippen LogP contribution in [-0.4, -0.2) is 20.6 Å². The number of Topliss-reactive ketones (excluding diaryl/α,β-unsaturated/α-hetero) is 1. The molecule has 0 aliphatic carbocycles. The molecule has 5 nitrogen and oxygen atoms in total. The minimum atomic E-state index is -0.431. The van der Waals surface area contributed by atoms with Gasteiger partial charge in [0.1, 0.15) is 5.76 Å². The number of benzene rings is 2. The number of thioether (sulfide) groups is 1. The number of hydrogen-bond donors (Lipinski definition) is 0. The van der Waals surface area contributed by atoms with Gasteiger partial charge in [0, 0.05) is 10.6 Å². The number of fused-ring (bicyclic) bond motifs is 1. The molecule has 7 heteroatoms. The molecule has 4 rings (SSSR count). The fourth-order valence-corrected chi connectivity index (χ4v) is 4.28. The molecule has 30 heavy (non-hydrogen) atoms. The molecule has 1 atom stereocenters. The lowest BCUT2D eigenvalue weighted by Crippen LogP contribution is -2.25. The number of nitrogens with zero attached hydrogens (tertiary/aromatic N) is 2. The molecule has 1 unspecified atom stereocenters. The Morgan fingerprint density at radius 2 is 1.97 bits per heavy atom. The Morgan fingerprint density at radius 1 is 1.20 bits per heavy atom. The van der Waals surface area contributed by atoms with Crippen LogP contribution in [0.25, 0.3) is 10.9 Å². The van der Waals surface area contributed by atoms with Gasteiger partial charge in [0.25, 0.3) is 5.56 Å². The van der Waals surface area contributed by atoms with E-state index >= 15 is 0 Å². The molecule has 0 radical (unpaired) electrons. The fraction of sp³-hybridized carbons (Fsp3) is 0.174. The first-order valence-corrected chi connectivity index (χ1v) is 10.7. The smallest absolute Gasteiger partial charge is 0.262 e. The molecule has 0 bridgehead atoms. The maximum absolute atomic E-state index is 13.2. The van der Waals surface area contributed by atoms with Gasteiger partial charge < -0.3 is 4.42 Å². The summed E-state index contributed by atoms with van der Waals surface area (Å²) in [6.07, 6.45) is 1.56. The monoisotopic (exact) mass is 438 g/mol. The van der Waals surface area contributed by atoms with Crippen molar-refractivity contribution in [2.75, 3.05) is 0 Å². The highest BCUT2D eigenvalue weighted by atomic mass is 35.5. The molecule has 0 aliphatic heterocycles. The Labute approximate surface area is 182 Å². The summed E-state index contributed by atoms with van der Waals surface area (Å²) in [5, 5.41) is 0.976.